The topological polar surface area (TPSA) is 38.5 Å². The summed E-state index contributed by atoms with van der Waals surface area (Å²) in [5.41, 5.74) is 6.04. The number of hydrogen-bond donors (Lipinski definition) is 1. The van der Waals surface area contributed by atoms with Crippen LogP contribution in [0.25, 0.3) is 0 Å². The van der Waals surface area contributed by atoms with Crippen LogP contribution in [-0.4, -0.2) is 43.8 Å². The molecule has 14 heavy (non-hydrogen) atoms. The molecule has 0 aromatic carbocycles. The van der Waals surface area contributed by atoms with E-state index in [1.54, 1.807) is 0 Å². The third-order valence-corrected chi connectivity index (χ3v) is 3.65. The molecule has 0 radical (unpaired) electrons. The molecule has 3 nitrogen and oxygen atoms in total. The molecule has 84 valence electrons. The lowest BCUT2D eigenvalue weighted by Crippen LogP contribution is -2.55. The summed E-state index contributed by atoms with van der Waals surface area (Å²) in [7, 11) is 2.18. The van der Waals surface area contributed by atoms with Gasteiger partial charge in [0.05, 0.1) is 6.61 Å². The Kier molecular flexibility index (Phi) is 4.35. The minimum absolute atomic E-state index is 0.118. The van der Waals surface area contributed by atoms with Crippen molar-refractivity contribution in [2.45, 2.75) is 32.2 Å². The SMILES string of the molecule is CCCN(C)C(C)(CN)C1CCOC1. The van der Waals surface area contributed by atoms with E-state index in [0.717, 1.165) is 32.7 Å². The number of likely N-dealkylation sites (N-methyl/N-ethyl adjacent to an activating group) is 1. The molecule has 2 atom stereocenters. The van der Waals surface area contributed by atoms with Gasteiger partial charge in [-0.15, -0.1) is 0 Å². The molecule has 1 heterocycles. The first-order chi connectivity index (χ1) is 6.65. The second-order valence-electron chi connectivity index (χ2n) is 4.54. The van der Waals surface area contributed by atoms with Crippen molar-refractivity contribution in [3.63, 3.8) is 0 Å². The first-order valence-corrected chi connectivity index (χ1v) is 5.64. The highest BCUT2D eigenvalue weighted by Crippen LogP contribution is 2.29. The van der Waals surface area contributed by atoms with Gasteiger partial charge >= 0.3 is 0 Å². The Balaban J connectivity index is 2.62. The van der Waals surface area contributed by atoms with Gasteiger partial charge in [-0.25, -0.2) is 0 Å². The summed E-state index contributed by atoms with van der Waals surface area (Å²) < 4.78 is 5.45. The average molecular weight is 200 g/mol. The monoisotopic (exact) mass is 200 g/mol. The van der Waals surface area contributed by atoms with E-state index in [1.165, 1.54) is 6.42 Å². The van der Waals surface area contributed by atoms with Gasteiger partial charge in [0.1, 0.15) is 0 Å². The summed E-state index contributed by atoms with van der Waals surface area (Å²) in [6.45, 7) is 8.09. The number of nitrogens with zero attached hydrogens (tertiary/aromatic N) is 1. The summed E-state index contributed by atoms with van der Waals surface area (Å²) in [6.07, 6.45) is 2.33. The molecule has 0 spiro atoms. The average Bonchev–Trinajstić information content (AvgIpc) is 2.70. The lowest BCUT2D eigenvalue weighted by Gasteiger charge is -2.42. The van der Waals surface area contributed by atoms with Gasteiger partial charge in [-0.3, -0.25) is 4.90 Å². The Morgan fingerprint density at radius 1 is 1.57 bits per heavy atom. The predicted octanol–water partition coefficient (Wildman–Crippen LogP) is 1.08. The van der Waals surface area contributed by atoms with E-state index in [-0.39, 0.29) is 5.54 Å². The van der Waals surface area contributed by atoms with Crippen LogP contribution in [0, 0.1) is 5.92 Å². The van der Waals surface area contributed by atoms with Gasteiger partial charge in [0, 0.05) is 24.6 Å². The van der Waals surface area contributed by atoms with Crippen molar-refractivity contribution in [2.75, 3.05) is 33.4 Å². The molecule has 0 bridgehead atoms. The molecule has 1 fully saturated rings. The molecule has 3 heteroatoms. The van der Waals surface area contributed by atoms with Crippen LogP contribution in [0.5, 0.6) is 0 Å². The second kappa shape index (κ2) is 5.10. The molecule has 0 amide bonds. The van der Waals surface area contributed by atoms with Crippen LogP contribution < -0.4 is 5.73 Å². The minimum Gasteiger partial charge on any atom is -0.381 e. The van der Waals surface area contributed by atoms with Crippen molar-refractivity contribution in [3.8, 4) is 0 Å². The fourth-order valence-corrected chi connectivity index (χ4v) is 2.25. The zero-order valence-electron chi connectivity index (χ0n) is 9.75. The smallest absolute Gasteiger partial charge is 0.0513 e. The van der Waals surface area contributed by atoms with Crippen molar-refractivity contribution in [2.24, 2.45) is 11.7 Å². The van der Waals surface area contributed by atoms with E-state index in [0.29, 0.717) is 5.92 Å². The van der Waals surface area contributed by atoms with Crippen LogP contribution >= 0.6 is 0 Å². The maximum atomic E-state index is 5.92. The highest BCUT2D eigenvalue weighted by atomic mass is 16.5. The minimum atomic E-state index is 0.118. The first kappa shape index (κ1) is 12.0. The molecule has 0 aromatic rings. The first-order valence-electron chi connectivity index (χ1n) is 5.64. The fourth-order valence-electron chi connectivity index (χ4n) is 2.25. The highest BCUT2D eigenvalue weighted by molar-refractivity contribution is 4.93. The standard InChI is InChI=1S/C11H24N2O/c1-4-6-13(3)11(2,9-12)10-5-7-14-8-10/h10H,4-9,12H2,1-3H3. The maximum Gasteiger partial charge on any atom is 0.0513 e. The van der Waals surface area contributed by atoms with Crippen molar-refractivity contribution < 1.29 is 4.74 Å². The Labute approximate surface area is 87.6 Å². The van der Waals surface area contributed by atoms with Gasteiger partial charge in [0.2, 0.25) is 0 Å². The van der Waals surface area contributed by atoms with Crippen LogP contribution in [0.2, 0.25) is 0 Å². The summed E-state index contributed by atoms with van der Waals surface area (Å²) in [6, 6.07) is 0. The molecule has 1 aliphatic heterocycles. The van der Waals surface area contributed by atoms with Crippen LogP contribution in [0.3, 0.4) is 0 Å². The molecular formula is C11H24N2O. The van der Waals surface area contributed by atoms with Crippen molar-refractivity contribution in [1.82, 2.24) is 4.90 Å². The Morgan fingerprint density at radius 2 is 2.29 bits per heavy atom. The third-order valence-electron chi connectivity index (χ3n) is 3.65. The largest absolute Gasteiger partial charge is 0.381 e. The third kappa shape index (κ3) is 2.27. The van der Waals surface area contributed by atoms with Gasteiger partial charge in [-0.2, -0.15) is 0 Å². The lowest BCUT2D eigenvalue weighted by molar-refractivity contribution is 0.0668. The van der Waals surface area contributed by atoms with E-state index in [4.69, 9.17) is 10.5 Å². The Bertz CT molecular complexity index is 169. The summed E-state index contributed by atoms with van der Waals surface area (Å²) in [5.74, 6) is 0.601. The molecule has 0 aliphatic carbocycles. The molecule has 2 unspecified atom stereocenters. The Morgan fingerprint density at radius 3 is 2.71 bits per heavy atom. The predicted molar refractivity (Wildman–Crippen MR) is 59.3 cm³/mol. The zero-order chi connectivity index (χ0) is 10.6. The van der Waals surface area contributed by atoms with E-state index < -0.39 is 0 Å². The summed E-state index contributed by atoms with van der Waals surface area (Å²) >= 11 is 0. The lowest BCUT2D eigenvalue weighted by atomic mass is 9.83. The van der Waals surface area contributed by atoms with E-state index in [1.807, 2.05) is 0 Å². The summed E-state index contributed by atoms with van der Waals surface area (Å²) in [4.78, 5) is 2.40. The van der Waals surface area contributed by atoms with E-state index in [2.05, 4.69) is 25.8 Å². The van der Waals surface area contributed by atoms with Gasteiger partial charge in [-0.1, -0.05) is 6.92 Å². The van der Waals surface area contributed by atoms with Crippen LogP contribution in [0.1, 0.15) is 26.7 Å². The van der Waals surface area contributed by atoms with Crippen molar-refractivity contribution >= 4 is 0 Å². The fraction of sp³-hybridized carbons (Fsp3) is 1.00. The van der Waals surface area contributed by atoms with Gasteiger partial charge in [0.25, 0.3) is 0 Å². The number of nitrogens with two attached hydrogens (primary N) is 1. The van der Waals surface area contributed by atoms with E-state index in [9.17, 15) is 0 Å². The molecule has 0 aromatic heterocycles. The van der Waals surface area contributed by atoms with Crippen molar-refractivity contribution in [3.05, 3.63) is 0 Å². The second-order valence-corrected chi connectivity index (χ2v) is 4.54. The van der Waals surface area contributed by atoms with Gasteiger partial charge < -0.3 is 10.5 Å². The zero-order valence-corrected chi connectivity index (χ0v) is 9.75. The van der Waals surface area contributed by atoms with Crippen LogP contribution in [-0.2, 0) is 4.74 Å². The Hall–Kier alpha value is -0.120. The molecular weight excluding hydrogens is 176 g/mol. The van der Waals surface area contributed by atoms with Crippen molar-refractivity contribution in [1.29, 1.82) is 0 Å². The van der Waals surface area contributed by atoms with Crippen LogP contribution in [0.15, 0.2) is 0 Å². The quantitative estimate of drug-likeness (QED) is 0.722. The molecule has 1 saturated heterocycles. The van der Waals surface area contributed by atoms with Gasteiger partial charge in [0.15, 0.2) is 0 Å². The highest BCUT2D eigenvalue weighted by Gasteiger charge is 2.38. The normalized spacial score (nSPS) is 26.8. The molecule has 1 rings (SSSR count). The summed E-state index contributed by atoms with van der Waals surface area (Å²) in [5, 5.41) is 0. The number of ether oxygens (including phenoxy) is 1. The maximum absolute atomic E-state index is 5.92. The van der Waals surface area contributed by atoms with Crippen LogP contribution in [0.4, 0.5) is 0 Å². The molecule has 2 N–H and O–H groups in total. The van der Waals surface area contributed by atoms with Gasteiger partial charge in [-0.05, 0) is 33.4 Å². The molecule has 0 saturated carbocycles. The number of hydrogen-bond acceptors (Lipinski definition) is 3. The van der Waals surface area contributed by atoms with E-state index >= 15 is 0 Å². The molecule has 1 aliphatic rings. The number of rotatable bonds is 5.